The molecule has 0 saturated carbocycles. The molecule has 1 aliphatic heterocycles. The average Bonchev–Trinajstić information content (AvgIpc) is 2.19. The van der Waals surface area contributed by atoms with Gasteiger partial charge in [-0.2, -0.15) is 0 Å². The van der Waals surface area contributed by atoms with Crippen molar-refractivity contribution >= 4 is 12.4 Å². The Morgan fingerprint density at radius 3 is 2.89 bits per heavy atom. The lowest BCUT2D eigenvalue weighted by atomic mass is 10.1. The molecule has 0 aliphatic carbocycles. The zero-order valence-electron chi connectivity index (χ0n) is 5.39. The molecule has 1 N–H and O–H groups in total. The van der Waals surface area contributed by atoms with E-state index < -0.39 is 0 Å². The molecule has 1 saturated heterocycles. The highest BCUT2D eigenvalue weighted by Crippen LogP contribution is 2.09. The van der Waals surface area contributed by atoms with Crippen LogP contribution in [-0.2, 0) is 0 Å². The van der Waals surface area contributed by atoms with Gasteiger partial charge in [0, 0.05) is 6.42 Å². The molecule has 0 amide bonds. The molecule has 2 heteroatoms. The Balaban J connectivity index is 0.000000640. The van der Waals surface area contributed by atoms with Gasteiger partial charge in [-0.25, -0.2) is 0 Å². The normalized spacial score (nSPS) is 24.6. The molecule has 0 spiro atoms. The summed E-state index contributed by atoms with van der Waals surface area (Å²) in [6.07, 6.45) is 7.35. The lowest BCUT2D eigenvalue weighted by Crippen LogP contribution is -2.08. The topological polar surface area (TPSA) is 12.0 Å². The minimum absolute atomic E-state index is 0. The summed E-state index contributed by atoms with van der Waals surface area (Å²) in [5, 5.41) is 3.26. The van der Waals surface area contributed by atoms with Crippen LogP contribution >= 0.6 is 12.4 Å². The van der Waals surface area contributed by atoms with E-state index in [1.807, 2.05) is 0 Å². The quantitative estimate of drug-likeness (QED) is 0.544. The second-order valence-electron chi connectivity index (χ2n) is 2.27. The zero-order chi connectivity index (χ0) is 5.82. The Hall–Kier alpha value is -0.190. The number of hydrogen-bond acceptors (Lipinski definition) is 1. The minimum atomic E-state index is 0. The largest absolute Gasteiger partial charge is 0.316 e. The van der Waals surface area contributed by atoms with Crippen LogP contribution in [0.4, 0.5) is 0 Å². The Morgan fingerprint density at radius 1 is 1.67 bits per heavy atom. The first kappa shape index (κ1) is 8.81. The van der Waals surface area contributed by atoms with E-state index in [-0.39, 0.29) is 12.4 Å². The lowest BCUT2D eigenvalue weighted by Gasteiger charge is -1.98. The first-order chi connectivity index (χ1) is 3.93. The fourth-order valence-electron chi connectivity index (χ4n) is 1.06. The molecule has 0 aromatic carbocycles. The second-order valence-corrected chi connectivity index (χ2v) is 2.27. The van der Waals surface area contributed by atoms with Crippen LogP contribution in [0.5, 0.6) is 0 Å². The van der Waals surface area contributed by atoms with E-state index in [2.05, 4.69) is 11.2 Å². The summed E-state index contributed by atoms with van der Waals surface area (Å²) in [6, 6.07) is 0. The van der Waals surface area contributed by atoms with Crippen molar-refractivity contribution < 1.29 is 0 Å². The van der Waals surface area contributed by atoms with Gasteiger partial charge in [0.2, 0.25) is 0 Å². The molecular formula is C7H12ClN. The zero-order valence-corrected chi connectivity index (χ0v) is 6.21. The van der Waals surface area contributed by atoms with E-state index in [0.29, 0.717) is 0 Å². The Morgan fingerprint density at radius 2 is 2.44 bits per heavy atom. The van der Waals surface area contributed by atoms with E-state index in [4.69, 9.17) is 6.42 Å². The van der Waals surface area contributed by atoms with Gasteiger partial charge in [0.05, 0.1) is 0 Å². The van der Waals surface area contributed by atoms with Crippen LogP contribution < -0.4 is 5.32 Å². The van der Waals surface area contributed by atoms with Crippen LogP contribution in [0.25, 0.3) is 0 Å². The molecule has 1 atom stereocenters. The van der Waals surface area contributed by atoms with Crippen LogP contribution in [0.1, 0.15) is 12.8 Å². The highest BCUT2D eigenvalue weighted by Gasteiger charge is 2.11. The average molecular weight is 146 g/mol. The van der Waals surface area contributed by atoms with Crippen molar-refractivity contribution in [2.24, 2.45) is 5.92 Å². The fourth-order valence-corrected chi connectivity index (χ4v) is 1.06. The standard InChI is InChI=1S/C7H11N.ClH/c1-2-3-7-4-5-8-6-7;/h1,7-8H,3-6H2;1H/t7-;/m0./s1. The predicted molar refractivity (Wildman–Crippen MR) is 41.7 cm³/mol. The summed E-state index contributed by atoms with van der Waals surface area (Å²) < 4.78 is 0. The van der Waals surface area contributed by atoms with Crippen LogP contribution in [0.2, 0.25) is 0 Å². The number of rotatable bonds is 1. The summed E-state index contributed by atoms with van der Waals surface area (Å²) in [6.45, 7) is 2.29. The molecule has 0 aromatic rings. The summed E-state index contributed by atoms with van der Waals surface area (Å²) in [5.74, 6) is 3.43. The Labute approximate surface area is 62.6 Å². The number of terminal acetylenes is 1. The molecule has 1 nitrogen and oxygen atoms in total. The van der Waals surface area contributed by atoms with Gasteiger partial charge in [-0.1, -0.05) is 0 Å². The van der Waals surface area contributed by atoms with E-state index in [0.717, 1.165) is 25.4 Å². The molecule has 0 radical (unpaired) electrons. The third-order valence-corrected chi connectivity index (χ3v) is 1.57. The summed E-state index contributed by atoms with van der Waals surface area (Å²) in [4.78, 5) is 0. The van der Waals surface area contributed by atoms with E-state index in [1.54, 1.807) is 0 Å². The van der Waals surface area contributed by atoms with Crippen LogP contribution in [0.15, 0.2) is 0 Å². The maximum atomic E-state index is 5.13. The lowest BCUT2D eigenvalue weighted by molar-refractivity contribution is 0.603. The van der Waals surface area contributed by atoms with Crippen molar-refractivity contribution in [3.63, 3.8) is 0 Å². The third-order valence-electron chi connectivity index (χ3n) is 1.57. The Bertz CT molecular complexity index is 100.0. The van der Waals surface area contributed by atoms with Crippen LogP contribution in [-0.4, -0.2) is 13.1 Å². The maximum Gasteiger partial charge on any atom is 0.0127 e. The van der Waals surface area contributed by atoms with Gasteiger partial charge in [-0.3, -0.25) is 0 Å². The van der Waals surface area contributed by atoms with E-state index in [1.165, 1.54) is 6.42 Å². The number of halogens is 1. The fraction of sp³-hybridized carbons (Fsp3) is 0.714. The van der Waals surface area contributed by atoms with Gasteiger partial charge in [0.15, 0.2) is 0 Å². The molecule has 9 heavy (non-hydrogen) atoms. The van der Waals surface area contributed by atoms with Crippen molar-refractivity contribution in [3.05, 3.63) is 0 Å². The first-order valence-corrected chi connectivity index (χ1v) is 3.07. The molecule has 0 unspecified atom stereocenters. The van der Waals surface area contributed by atoms with E-state index in [9.17, 15) is 0 Å². The molecule has 0 bridgehead atoms. The van der Waals surface area contributed by atoms with Gasteiger partial charge in [0.25, 0.3) is 0 Å². The highest BCUT2D eigenvalue weighted by atomic mass is 35.5. The van der Waals surface area contributed by atoms with Gasteiger partial charge in [-0.05, 0) is 25.4 Å². The van der Waals surface area contributed by atoms with Crippen LogP contribution in [0, 0.1) is 18.3 Å². The molecule has 0 aromatic heterocycles. The summed E-state index contributed by atoms with van der Waals surface area (Å²) >= 11 is 0. The van der Waals surface area contributed by atoms with Gasteiger partial charge in [0.1, 0.15) is 0 Å². The smallest absolute Gasteiger partial charge is 0.0127 e. The third kappa shape index (κ3) is 2.74. The maximum absolute atomic E-state index is 5.13. The SMILES string of the molecule is C#CC[C@H]1CCNC1.Cl. The molecule has 1 heterocycles. The monoisotopic (exact) mass is 145 g/mol. The summed E-state index contributed by atoms with van der Waals surface area (Å²) in [5.41, 5.74) is 0. The van der Waals surface area contributed by atoms with Crippen molar-refractivity contribution in [1.82, 2.24) is 5.32 Å². The van der Waals surface area contributed by atoms with E-state index >= 15 is 0 Å². The Kier molecular flexibility index (Phi) is 4.57. The first-order valence-electron chi connectivity index (χ1n) is 3.07. The van der Waals surface area contributed by atoms with Gasteiger partial charge >= 0.3 is 0 Å². The predicted octanol–water partition coefficient (Wildman–Crippen LogP) is 1.04. The number of hydrogen-bond donors (Lipinski definition) is 1. The summed E-state index contributed by atoms with van der Waals surface area (Å²) in [7, 11) is 0. The molecule has 52 valence electrons. The van der Waals surface area contributed by atoms with Crippen molar-refractivity contribution in [3.8, 4) is 12.3 Å². The van der Waals surface area contributed by atoms with Gasteiger partial charge in [-0.15, -0.1) is 24.8 Å². The van der Waals surface area contributed by atoms with Crippen molar-refractivity contribution in [1.29, 1.82) is 0 Å². The van der Waals surface area contributed by atoms with Crippen molar-refractivity contribution in [2.45, 2.75) is 12.8 Å². The molecule has 1 rings (SSSR count). The minimum Gasteiger partial charge on any atom is -0.316 e. The second kappa shape index (κ2) is 4.67. The van der Waals surface area contributed by atoms with Gasteiger partial charge < -0.3 is 5.32 Å². The molecule has 1 aliphatic rings. The molecular weight excluding hydrogens is 134 g/mol. The molecule has 1 fully saturated rings. The van der Waals surface area contributed by atoms with Crippen molar-refractivity contribution in [2.75, 3.05) is 13.1 Å². The van der Waals surface area contributed by atoms with Crippen LogP contribution in [0.3, 0.4) is 0 Å². The highest BCUT2D eigenvalue weighted by molar-refractivity contribution is 5.85. The number of nitrogens with one attached hydrogen (secondary N) is 1.